The molecule has 1 aliphatic heterocycles. The summed E-state index contributed by atoms with van der Waals surface area (Å²) in [5, 5.41) is 3.37. The monoisotopic (exact) mass is 282 g/mol. The maximum atomic E-state index is 4.68. The first-order valence-corrected chi connectivity index (χ1v) is 7.65. The molecule has 1 aromatic heterocycles. The summed E-state index contributed by atoms with van der Waals surface area (Å²) in [6.07, 6.45) is 5.68. The number of hydrogen-bond acceptors (Lipinski definition) is 4. The molecule has 0 unspecified atom stereocenters. The summed E-state index contributed by atoms with van der Waals surface area (Å²) >= 11 is 0. The van der Waals surface area contributed by atoms with Gasteiger partial charge in [0, 0.05) is 25.0 Å². The van der Waals surface area contributed by atoms with E-state index in [1.807, 2.05) is 12.3 Å². The van der Waals surface area contributed by atoms with Crippen LogP contribution in [-0.2, 0) is 0 Å². The number of rotatable bonds is 3. The third kappa shape index (κ3) is 3.15. The Morgan fingerprint density at radius 2 is 1.71 bits per heavy atom. The summed E-state index contributed by atoms with van der Waals surface area (Å²) in [7, 11) is 0. The first kappa shape index (κ1) is 13.9. The van der Waals surface area contributed by atoms with E-state index in [4.69, 9.17) is 0 Å². The van der Waals surface area contributed by atoms with Gasteiger partial charge in [0.2, 0.25) is 5.95 Å². The summed E-state index contributed by atoms with van der Waals surface area (Å²) in [6, 6.07) is 8.27. The lowest BCUT2D eigenvalue weighted by molar-refractivity contribution is 0.573. The lowest BCUT2D eigenvalue weighted by atomic mass is 10.1. The summed E-state index contributed by atoms with van der Waals surface area (Å²) in [4.78, 5) is 11.4. The molecule has 4 nitrogen and oxygen atoms in total. The number of aryl methyl sites for hydroxylation is 2. The number of nitrogens with one attached hydrogen (secondary N) is 1. The van der Waals surface area contributed by atoms with E-state index in [0.29, 0.717) is 5.95 Å². The van der Waals surface area contributed by atoms with E-state index in [0.717, 1.165) is 24.6 Å². The van der Waals surface area contributed by atoms with Crippen LogP contribution in [0.25, 0.3) is 0 Å². The third-order valence-corrected chi connectivity index (χ3v) is 4.04. The van der Waals surface area contributed by atoms with Crippen LogP contribution in [0.4, 0.5) is 17.5 Å². The first-order valence-electron chi connectivity index (χ1n) is 7.65. The minimum atomic E-state index is 0.676. The van der Waals surface area contributed by atoms with Crippen molar-refractivity contribution in [2.75, 3.05) is 23.3 Å². The van der Waals surface area contributed by atoms with E-state index in [-0.39, 0.29) is 0 Å². The molecule has 1 aliphatic rings. The molecule has 3 rings (SSSR count). The fraction of sp³-hybridized carbons (Fsp3) is 0.412. The van der Waals surface area contributed by atoms with Crippen LogP contribution in [0.15, 0.2) is 30.5 Å². The molecule has 0 saturated carbocycles. The van der Waals surface area contributed by atoms with Crippen molar-refractivity contribution in [1.29, 1.82) is 0 Å². The van der Waals surface area contributed by atoms with E-state index in [1.54, 1.807) is 0 Å². The Kier molecular flexibility index (Phi) is 4.04. The molecule has 1 aromatic carbocycles. The molecular formula is C17H22N4. The molecule has 1 N–H and O–H groups in total. The van der Waals surface area contributed by atoms with Gasteiger partial charge in [0.15, 0.2) is 0 Å². The third-order valence-electron chi connectivity index (χ3n) is 4.04. The van der Waals surface area contributed by atoms with Crippen molar-refractivity contribution in [3.8, 4) is 0 Å². The van der Waals surface area contributed by atoms with Gasteiger partial charge in [-0.15, -0.1) is 0 Å². The molecule has 0 amide bonds. The summed E-state index contributed by atoms with van der Waals surface area (Å²) < 4.78 is 0. The lowest BCUT2D eigenvalue weighted by Gasteiger charge is -2.27. The van der Waals surface area contributed by atoms with Crippen LogP contribution in [0.1, 0.15) is 30.4 Å². The van der Waals surface area contributed by atoms with Gasteiger partial charge in [-0.25, -0.2) is 4.98 Å². The molecule has 0 radical (unpaired) electrons. The Morgan fingerprint density at radius 1 is 1.00 bits per heavy atom. The average molecular weight is 282 g/mol. The lowest BCUT2D eigenvalue weighted by Crippen LogP contribution is -2.30. The van der Waals surface area contributed by atoms with Gasteiger partial charge in [-0.05, 0) is 50.3 Å². The van der Waals surface area contributed by atoms with Crippen molar-refractivity contribution < 1.29 is 0 Å². The minimum absolute atomic E-state index is 0.676. The van der Waals surface area contributed by atoms with Crippen LogP contribution in [0.5, 0.6) is 0 Å². The molecule has 0 atom stereocenters. The van der Waals surface area contributed by atoms with Crippen LogP contribution in [0.2, 0.25) is 0 Å². The number of nitrogens with zero attached hydrogens (tertiary/aromatic N) is 3. The zero-order valence-electron chi connectivity index (χ0n) is 12.8. The molecule has 0 bridgehead atoms. The number of aromatic nitrogens is 2. The molecule has 21 heavy (non-hydrogen) atoms. The van der Waals surface area contributed by atoms with Gasteiger partial charge in [-0.2, -0.15) is 4.98 Å². The van der Waals surface area contributed by atoms with Crippen molar-refractivity contribution in [2.45, 2.75) is 33.1 Å². The molecule has 2 aromatic rings. The molecule has 1 fully saturated rings. The topological polar surface area (TPSA) is 41.1 Å². The van der Waals surface area contributed by atoms with Crippen LogP contribution < -0.4 is 10.2 Å². The summed E-state index contributed by atoms with van der Waals surface area (Å²) in [6.45, 7) is 6.40. The standard InChI is InChI=1S/C17H22N4/c1-13-7-6-8-14(2)16(13)20-17-18-10-9-15(19-17)21-11-4-3-5-12-21/h6-10H,3-5,11-12H2,1-2H3,(H,18,19,20). The number of hydrogen-bond donors (Lipinski definition) is 1. The number of benzene rings is 1. The van der Waals surface area contributed by atoms with E-state index < -0.39 is 0 Å². The van der Waals surface area contributed by atoms with Crippen molar-refractivity contribution in [1.82, 2.24) is 9.97 Å². The van der Waals surface area contributed by atoms with Crippen LogP contribution in [-0.4, -0.2) is 23.1 Å². The van der Waals surface area contributed by atoms with E-state index in [2.05, 4.69) is 52.2 Å². The van der Waals surface area contributed by atoms with Crippen LogP contribution in [0, 0.1) is 13.8 Å². The van der Waals surface area contributed by atoms with Gasteiger partial charge >= 0.3 is 0 Å². The first-order chi connectivity index (χ1) is 10.2. The normalized spacial score (nSPS) is 15.0. The number of piperidine rings is 1. The number of para-hydroxylation sites is 1. The van der Waals surface area contributed by atoms with Gasteiger partial charge < -0.3 is 10.2 Å². The van der Waals surface area contributed by atoms with Gasteiger partial charge in [0.1, 0.15) is 5.82 Å². The van der Waals surface area contributed by atoms with E-state index >= 15 is 0 Å². The van der Waals surface area contributed by atoms with Crippen LogP contribution in [0.3, 0.4) is 0 Å². The molecular weight excluding hydrogens is 260 g/mol. The highest BCUT2D eigenvalue weighted by molar-refractivity contribution is 5.63. The largest absolute Gasteiger partial charge is 0.356 e. The van der Waals surface area contributed by atoms with Gasteiger partial charge in [0.25, 0.3) is 0 Å². The fourth-order valence-corrected chi connectivity index (χ4v) is 2.83. The van der Waals surface area contributed by atoms with Crippen molar-refractivity contribution in [3.63, 3.8) is 0 Å². The second-order valence-corrected chi connectivity index (χ2v) is 5.68. The molecule has 0 spiro atoms. The molecule has 4 heteroatoms. The zero-order valence-corrected chi connectivity index (χ0v) is 12.8. The Balaban J connectivity index is 1.83. The maximum absolute atomic E-state index is 4.68. The predicted octanol–water partition coefficient (Wildman–Crippen LogP) is 3.83. The Bertz CT molecular complexity index is 598. The summed E-state index contributed by atoms with van der Waals surface area (Å²) in [5.74, 6) is 1.70. The van der Waals surface area contributed by atoms with E-state index in [1.165, 1.54) is 30.4 Å². The summed E-state index contributed by atoms with van der Waals surface area (Å²) in [5.41, 5.74) is 3.53. The minimum Gasteiger partial charge on any atom is -0.356 e. The Hall–Kier alpha value is -2.10. The highest BCUT2D eigenvalue weighted by Gasteiger charge is 2.13. The Morgan fingerprint density at radius 3 is 2.43 bits per heavy atom. The molecule has 110 valence electrons. The number of anilines is 3. The highest BCUT2D eigenvalue weighted by Crippen LogP contribution is 2.24. The quantitative estimate of drug-likeness (QED) is 0.929. The fourth-order valence-electron chi connectivity index (χ4n) is 2.83. The highest BCUT2D eigenvalue weighted by atomic mass is 15.2. The zero-order chi connectivity index (χ0) is 14.7. The SMILES string of the molecule is Cc1cccc(C)c1Nc1nccc(N2CCCCC2)n1. The van der Waals surface area contributed by atoms with Crippen molar-refractivity contribution >= 4 is 17.5 Å². The second-order valence-electron chi connectivity index (χ2n) is 5.68. The maximum Gasteiger partial charge on any atom is 0.229 e. The predicted molar refractivity (Wildman–Crippen MR) is 87.3 cm³/mol. The molecule has 2 heterocycles. The van der Waals surface area contributed by atoms with Gasteiger partial charge in [-0.1, -0.05) is 18.2 Å². The molecule has 0 aliphatic carbocycles. The van der Waals surface area contributed by atoms with Crippen LogP contribution >= 0.6 is 0 Å². The Labute approximate surface area is 126 Å². The second kappa shape index (κ2) is 6.12. The van der Waals surface area contributed by atoms with Gasteiger partial charge in [-0.3, -0.25) is 0 Å². The average Bonchev–Trinajstić information content (AvgIpc) is 2.52. The van der Waals surface area contributed by atoms with E-state index in [9.17, 15) is 0 Å². The smallest absolute Gasteiger partial charge is 0.229 e. The van der Waals surface area contributed by atoms with Crippen molar-refractivity contribution in [2.24, 2.45) is 0 Å². The van der Waals surface area contributed by atoms with Gasteiger partial charge in [0.05, 0.1) is 0 Å². The molecule has 1 saturated heterocycles. The van der Waals surface area contributed by atoms with Crippen molar-refractivity contribution in [3.05, 3.63) is 41.6 Å².